The summed E-state index contributed by atoms with van der Waals surface area (Å²) in [5.41, 5.74) is 0. The van der Waals surface area contributed by atoms with Gasteiger partial charge in [-0.15, -0.1) is 0 Å². The van der Waals surface area contributed by atoms with E-state index in [0.717, 1.165) is 51.4 Å². The molecule has 2 unspecified atom stereocenters. The molecule has 0 aliphatic carbocycles. The fourth-order valence-corrected chi connectivity index (χ4v) is 8.39. The zero-order chi connectivity index (χ0) is 45.8. The average molecular weight is 886 g/mol. The predicted octanol–water partition coefficient (Wildman–Crippen LogP) is 16.9. The van der Waals surface area contributed by atoms with Crippen molar-refractivity contribution in [2.24, 2.45) is 0 Å². The summed E-state index contributed by atoms with van der Waals surface area (Å²) in [5, 5.41) is 23.2. The summed E-state index contributed by atoms with van der Waals surface area (Å²) >= 11 is 0. The van der Waals surface area contributed by atoms with Crippen molar-refractivity contribution >= 4 is 11.9 Å². The topological polar surface area (TPSA) is 95.9 Å². The second-order valence-electron chi connectivity index (χ2n) is 18.9. The van der Waals surface area contributed by atoms with Crippen LogP contribution in [0.3, 0.4) is 0 Å². The maximum Gasteiger partial charge on any atom is 0.305 e. The van der Waals surface area contributed by atoms with Crippen LogP contribution in [0.1, 0.15) is 290 Å². The van der Waals surface area contributed by atoms with Gasteiger partial charge in [-0.2, -0.15) is 0 Å². The first-order valence-electron chi connectivity index (χ1n) is 27.7. The highest BCUT2D eigenvalue weighted by Crippen LogP contribution is 2.16. The fourth-order valence-electron chi connectivity index (χ4n) is 8.39. The van der Waals surface area contributed by atoms with Crippen LogP contribution < -0.4 is 5.32 Å². The lowest BCUT2D eigenvalue weighted by molar-refractivity contribution is -0.143. The van der Waals surface area contributed by atoms with E-state index in [-0.39, 0.29) is 18.5 Å². The van der Waals surface area contributed by atoms with Crippen LogP contribution >= 0.6 is 0 Å². The molecule has 6 heteroatoms. The van der Waals surface area contributed by atoms with Crippen LogP contribution in [-0.2, 0) is 14.3 Å². The summed E-state index contributed by atoms with van der Waals surface area (Å²) in [6.45, 7) is 4.89. The number of aliphatic hydroxyl groups excluding tert-OH is 2. The lowest BCUT2D eigenvalue weighted by Gasteiger charge is -2.22. The van der Waals surface area contributed by atoms with Crippen LogP contribution in [0.25, 0.3) is 0 Å². The van der Waals surface area contributed by atoms with Gasteiger partial charge < -0.3 is 20.3 Å². The van der Waals surface area contributed by atoms with E-state index in [2.05, 4.69) is 49.5 Å². The number of hydrogen-bond acceptors (Lipinski definition) is 5. The Hall–Kier alpha value is -1.92. The number of allylic oxidation sites excluding steroid dienone is 6. The molecule has 0 fully saturated rings. The molecule has 0 spiro atoms. The van der Waals surface area contributed by atoms with Crippen LogP contribution in [0.15, 0.2) is 36.5 Å². The van der Waals surface area contributed by atoms with Crippen molar-refractivity contribution in [3.63, 3.8) is 0 Å². The van der Waals surface area contributed by atoms with Gasteiger partial charge in [-0.3, -0.25) is 9.59 Å². The Labute approximate surface area is 392 Å². The van der Waals surface area contributed by atoms with Gasteiger partial charge in [0.15, 0.2) is 0 Å². The van der Waals surface area contributed by atoms with Crippen LogP contribution in [0.4, 0.5) is 0 Å². The average Bonchev–Trinajstić information content (AvgIpc) is 3.28. The van der Waals surface area contributed by atoms with Crippen molar-refractivity contribution in [1.82, 2.24) is 5.32 Å². The zero-order valence-electron chi connectivity index (χ0n) is 42.1. The maximum absolute atomic E-state index is 12.4. The molecule has 0 saturated carbocycles. The van der Waals surface area contributed by atoms with Gasteiger partial charge in [-0.1, -0.05) is 243 Å². The Bertz CT molecular complexity index is 1020. The molecule has 2 atom stereocenters. The Kier molecular flexibility index (Phi) is 51.1. The summed E-state index contributed by atoms with van der Waals surface area (Å²) in [5.74, 6) is -0.139. The third kappa shape index (κ3) is 49.4. The first-order chi connectivity index (χ1) is 31.0. The molecular weight excluding hydrogens is 779 g/mol. The standard InChI is InChI=1S/C57H107NO5/c1-3-5-7-9-11-13-15-17-19-21-22-25-29-33-37-41-45-49-55(60)54(53-59)58-56(61)50-46-42-38-34-30-26-24-28-32-36-40-44-48-52-63-57(62)51-47-43-39-35-31-27-23-20-18-16-14-12-10-8-6-4-2/h20,23,26,30,38,42,54-55,59-60H,3-19,21-22,24-25,27-29,31-37,39-41,43-53H2,1-2H3,(H,58,61)/b23-20-,30-26-,42-38-. The second-order valence-corrected chi connectivity index (χ2v) is 18.9. The van der Waals surface area contributed by atoms with Gasteiger partial charge in [-0.25, -0.2) is 0 Å². The minimum absolute atomic E-state index is 0.0244. The minimum Gasteiger partial charge on any atom is -0.466 e. The van der Waals surface area contributed by atoms with Gasteiger partial charge in [0.25, 0.3) is 0 Å². The molecule has 0 aromatic rings. The smallest absolute Gasteiger partial charge is 0.305 e. The van der Waals surface area contributed by atoms with Crippen LogP contribution in [-0.4, -0.2) is 47.4 Å². The molecule has 0 aromatic carbocycles. The molecule has 1 amide bonds. The molecular formula is C57H107NO5. The second kappa shape index (κ2) is 52.7. The Morgan fingerprint density at radius 2 is 0.810 bits per heavy atom. The number of nitrogens with one attached hydrogen (secondary N) is 1. The maximum atomic E-state index is 12.4. The summed E-state index contributed by atoms with van der Waals surface area (Å²) in [6.07, 6.45) is 64.2. The van der Waals surface area contributed by atoms with E-state index < -0.39 is 12.1 Å². The third-order valence-electron chi connectivity index (χ3n) is 12.7. The highest BCUT2D eigenvalue weighted by atomic mass is 16.5. The summed E-state index contributed by atoms with van der Waals surface area (Å²) < 4.78 is 5.46. The lowest BCUT2D eigenvalue weighted by Crippen LogP contribution is -2.45. The molecule has 6 nitrogen and oxygen atoms in total. The van der Waals surface area contributed by atoms with Crippen LogP contribution in [0.2, 0.25) is 0 Å². The fraction of sp³-hybridized carbons (Fsp3) is 0.860. The number of aliphatic hydroxyl groups is 2. The first-order valence-corrected chi connectivity index (χ1v) is 27.7. The molecule has 0 saturated heterocycles. The number of esters is 1. The van der Waals surface area contributed by atoms with Gasteiger partial charge in [0, 0.05) is 12.8 Å². The van der Waals surface area contributed by atoms with Crippen molar-refractivity contribution in [2.45, 2.75) is 302 Å². The van der Waals surface area contributed by atoms with Gasteiger partial charge >= 0.3 is 5.97 Å². The molecule has 0 heterocycles. The zero-order valence-corrected chi connectivity index (χ0v) is 42.1. The number of rotatable bonds is 51. The number of carbonyl (C=O) groups is 2. The summed E-state index contributed by atoms with van der Waals surface area (Å²) in [6, 6.07) is -0.586. The van der Waals surface area contributed by atoms with Gasteiger partial charge in [0.1, 0.15) is 0 Å². The largest absolute Gasteiger partial charge is 0.466 e. The molecule has 0 aromatic heterocycles. The Morgan fingerprint density at radius 3 is 1.25 bits per heavy atom. The SMILES string of the molecule is CCCCCCCCC/C=C\CCCCCCCC(=O)OCCCCCCCC/C=C\C/C=C\CCC(=O)NC(CO)C(O)CCCCCCCCCCCCCCCCCCC. The quantitative estimate of drug-likeness (QED) is 0.0321. The van der Waals surface area contributed by atoms with Crippen LogP contribution in [0.5, 0.6) is 0 Å². The number of hydrogen-bond donors (Lipinski definition) is 3. The lowest BCUT2D eigenvalue weighted by atomic mass is 10.0. The van der Waals surface area contributed by atoms with Gasteiger partial charge in [-0.05, 0) is 70.6 Å². The van der Waals surface area contributed by atoms with Crippen LogP contribution in [0, 0.1) is 0 Å². The van der Waals surface area contributed by atoms with E-state index in [1.165, 1.54) is 199 Å². The van der Waals surface area contributed by atoms with E-state index in [0.29, 0.717) is 32.3 Å². The molecule has 0 radical (unpaired) electrons. The van der Waals surface area contributed by atoms with Crippen molar-refractivity contribution in [1.29, 1.82) is 0 Å². The normalized spacial score (nSPS) is 12.9. The van der Waals surface area contributed by atoms with Crippen molar-refractivity contribution in [2.75, 3.05) is 13.2 Å². The van der Waals surface area contributed by atoms with E-state index in [1.807, 2.05) is 6.08 Å². The van der Waals surface area contributed by atoms with E-state index in [9.17, 15) is 19.8 Å². The number of amides is 1. The molecule has 0 aliphatic rings. The molecule has 370 valence electrons. The van der Waals surface area contributed by atoms with Gasteiger partial charge in [0.2, 0.25) is 5.91 Å². The summed E-state index contributed by atoms with van der Waals surface area (Å²) in [4.78, 5) is 24.5. The number of ether oxygens (including phenoxy) is 1. The molecule has 63 heavy (non-hydrogen) atoms. The predicted molar refractivity (Wildman–Crippen MR) is 273 cm³/mol. The molecule has 0 bridgehead atoms. The highest BCUT2D eigenvalue weighted by Gasteiger charge is 2.19. The van der Waals surface area contributed by atoms with Crippen molar-refractivity contribution in [3.05, 3.63) is 36.5 Å². The number of carbonyl (C=O) groups excluding carboxylic acids is 2. The number of unbranched alkanes of at least 4 members (excludes halogenated alkanes) is 34. The molecule has 3 N–H and O–H groups in total. The monoisotopic (exact) mass is 886 g/mol. The Morgan fingerprint density at radius 1 is 0.444 bits per heavy atom. The Balaban J connectivity index is 3.55. The van der Waals surface area contributed by atoms with E-state index >= 15 is 0 Å². The highest BCUT2D eigenvalue weighted by molar-refractivity contribution is 5.76. The van der Waals surface area contributed by atoms with E-state index in [4.69, 9.17) is 4.74 Å². The minimum atomic E-state index is -0.700. The molecule has 0 rings (SSSR count). The molecule has 0 aliphatic heterocycles. The summed E-state index contributed by atoms with van der Waals surface area (Å²) in [7, 11) is 0. The van der Waals surface area contributed by atoms with Gasteiger partial charge in [0.05, 0.1) is 25.4 Å². The third-order valence-corrected chi connectivity index (χ3v) is 12.7. The van der Waals surface area contributed by atoms with Crippen molar-refractivity contribution < 1.29 is 24.5 Å². The van der Waals surface area contributed by atoms with E-state index in [1.54, 1.807) is 0 Å². The van der Waals surface area contributed by atoms with Crippen molar-refractivity contribution in [3.8, 4) is 0 Å². The first kappa shape index (κ1) is 61.1.